The number of phenols is 1. The van der Waals surface area contributed by atoms with Crippen LogP contribution in [0, 0.1) is 6.92 Å². The van der Waals surface area contributed by atoms with E-state index in [2.05, 4.69) is 10.2 Å². The number of carbonyl (C=O) groups excluding carboxylic acids is 1. The monoisotopic (exact) mass is 408 g/mol. The quantitative estimate of drug-likeness (QED) is 0.631. The van der Waals surface area contributed by atoms with E-state index in [0.29, 0.717) is 37.3 Å². The van der Waals surface area contributed by atoms with Gasteiger partial charge in [-0.1, -0.05) is 29.8 Å². The molecule has 1 aromatic heterocycles. The number of fused-ring (bicyclic) bond motifs is 1. The summed E-state index contributed by atoms with van der Waals surface area (Å²) >= 11 is 0. The van der Waals surface area contributed by atoms with Crippen LogP contribution in [0.2, 0.25) is 0 Å². The van der Waals surface area contributed by atoms with E-state index in [-0.39, 0.29) is 16.9 Å². The molecule has 0 aliphatic carbocycles. The lowest BCUT2D eigenvalue weighted by atomic mass is 10.1. The van der Waals surface area contributed by atoms with Crippen LogP contribution in [0.4, 0.5) is 0 Å². The van der Waals surface area contributed by atoms with Crippen molar-refractivity contribution in [3.05, 3.63) is 75.1 Å². The Kier molecular flexibility index (Phi) is 5.83. The van der Waals surface area contributed by atoms with Crippen molar-refractivity contribution in [3.8, 4) is 5.75 Å². The summed E-state index contributed by atoms with van der Waals surface area (Å²) in [4.78, 5) is 27.1. The molecular weight excluding hydrogens is 384 g/mol. The van der Waals surface area contributed by atoms with Gasteiger partial charge in [0.15, 0.2) is 0 Å². The van der Waals surface area contributed by atoms with E-state index in [1.807, 2.05) is 31.2 Å². The molecule has 0 saturated carbocycles. The molecule has 156 valence electrons. The van der Waals surface area contributed by atoms with Gasteiger partial charge in [-0.3, -0.25) is 9.69 Å². The normalized spacial score (nSPS) is 14.7. The average molecular weight is 408 g/mol. The van der Waals surface area contributed by atoms with Crippen LogP contribution < -0.4 is 10.9 Å². The van der Waals surface area contributed by atoms with Crippen molar-refractivity contribution in [2.45, 2.75) is 20.0 Å². The Balaban J connectivity index is 1.56. The second-order valence-corrected chi connectivity index (χ2v) is 7.49. The number of carbonyl (C=O) groups is 1. The molecule has 1 amide bonds. The Morgan fingerprint density at radius 2 is 1.87 bits per heavy atom. The van der Waals surface area contributed by atoms with E-state index in [1.165, 1.54) is 12.1 Å². The number of nitrogens with zero attached hydrogens (tertiary/aromatic N) is 1. The third kappa shape index (κ3) is 4.37. The summed E-state index contributed by atoms with van der Waals surface area (Å²) in [6.45, 7) is 5.45. The molecule has 0 bridgehead atoms. The van der Waals surface area contributed by atoms with Crippen LogP contribution in [-0.4, -0.2) is 42.2 Å². The first-order valence-electron chi connectivity index (χ1n) is 9.94. The number of phenolic OH excluding ortho intramolecular Hbond substituents is 1. The van der Waals surface area contributed by atoms with Gasteiger partial charge in [0.2, 0.25) is 0 Å². The highest BCUT2D eigenvalue weighted by Crippen LogP contribution is 2.29. The van der Waals surface area contributed by atoms with Crippen molar-refractivity contribution >= 4 is 16.9 Å². The Bertz CT molecular complexity index is 1110. The smallest absolute Gasteiger partial charge is 0.340 e. The van der Waals surface area contributed by atoms with Crippen LogP contribution >= 0.6 is 0 Å². The zero-order valence-corrected chi connectivity index (χ0v) is 16.8. The largest absolute Gasteiger partial charge is 0.506 e. The number of ether oxygens (including phenoxy) is 1. The van der Waals surface area contributed by atoms with Gasteiger partial charge in [0, 0.05) is 26.2 Å². The first-order chi connectivity index (χ1) is 14.5. The number of benzene rings is 2. The summed E-state index contributed by atoms with van der Waals surface area (Å²) in [6, 6.07) is 12.5. The van der Waals surface area contributed by atoms with Crippen molar-refractivity contribution in [1.82, 2.24) is 10.2 Å². The third-order valence-electron chi connectivity index (χ3n) is 5.28. The topological polar surface area (TPSA) is 92.0 Å². The summed E-state index contributed by atoms with van der Waals surface area (Å²) in [7, 11) is 0. The molecule has 0 radical (unpaired) electrons. The first-order valence-corrected chi connectivity index (χ1v) is 9.94. The predicted octanol–water partition coefficient (Wildman–Crippen LogP) is 2.57. The fourth-order valence-electron chi connectivity index (χ4n) is 3.49. The van der Waals surface area contributed by atoms with Crippen molar-refractivity contribution in [1.29, 1.82) is 0 Å². The highest BCUT2D eigenvalue weighted by molar-refractivity contribution is 6.02. The van der Waals surface area contributed by atoms with E-state index >= 15 is 0 Å². The van der Waals surface area contributed by atoms with E-state index in [1.54, 1.807) is 6.07 Å². The average Bonchev–Trinajstić information content (AvgIpc) is 2.75. The van der Waals surface area contributed by atoms with E-state index in [0.717, 1.165) is 24.2 Å². The molecule has 2 N–H and O–H groups in total. The number of rotatable bonds is 5. The van der Waals surface area contributed by atoms with Crippen LogP contribution in [-0.2, 0) is 17.8 Å². The molecule has 7 heteroatoms. The number of aryl methyl sites for hydroxylation is 1. The van der Waals surface area contributed by atoms with Crippen molar-refractivity contribution in [2.75, 3.05) is 26.3 Å². The summed E-state index contributed by atoms with van der Waals surface area (Å²) in [5.74, 6) is -0.586. The molecule has 2 heterocycles. The number of nitrogens with one attached hydrogen (secondary N) is 1. The minimum atomic E-state index is -0.440. The molecule has 1 saturated heterocycles. The van der Waals surface area contributed by atoms with Crippen LogP contribution in [0.5, 0.6) is 5.75 Å². The minimum absolute atomic E-state index is 0.140. The Morgan fingerprint density at radius 3 is 2.60 bits per heavy atom. The summed E-state index contributed by atoms with van der Waals surface area (Å²) in [5, 5.41) is 13.9. The van der Waals surface area contributed by atoms with Gasteiger partial charge in [0.1, 0.15) is 11.3 Å². The number of amides is 1. The van der Waals surface area contributed by atoms with Crippen LogP contribution in [0.3, 0.4) is 0 Å². The number of aromatic hydroxyl groups is 1. The van der Waals surface area contributed by atoms with E-state index in [9.17, 15) is 14.7 Å². The first kappa shape index (κ1) is 20.1. The maximum atomic E-state index is 12.6. The summed E-state index contributed by atoms with van der Waals surface area (Å²) < 4.78 is 10.7. The highest BCUT2D eigenvalue weighted by atomic mass is 16.5. The molecule has 0 unspecified atom stereocenters. The van der Waals surface area contributed by atoms with Gasteiger partial charge in [-0.25, -0.2) is 4.79 Å². The van der Waals surface area contributed by atoms with Gasteiger partial charge in [-0.2, -0.15) is 0 Å². The molecule has 1 aliphatic heterocycles. The van der Waals surface area contributed by atoms with Gasteiger partial charge in [-0.05, 0) is 30.7 Å². The third-order valence-corrected chi connectivity index (χ3v) is 5.28. The summed E-state index contributed by atoms with van der Waals surface area (Å²) in [6.07, 6.45) is 0. The van der Waals surface area contributed by atoms with Crippen molar-refractivity contribution in [2.24, 2.45) is 0 Å². The second-order valence-electron chi connectivity index (χ2n) is 7.49. The van der Waals surface area contributed by atoms with Gasteiger partial charge in [0.25, 0.3) is 5.91 Å². The van der Waals surface area contributed by atoms with Crippen molar-refractivity contribution in [3.63, 3.8) is 0 Å². The molecule has 2 aromatic carbocycles. The maximum absolute atomic E-state index is 12.6. The molecule has 0 atom stereocenters. The fourth-order valence-corrected chi connectivity index (χ4v) is 3.49. The second kappa shape index (κ2) is 8.69. The molecule has 1 fully saturated rings. The zero-order chi connectivity index (χ0) is 21.1. The lowest BCUT2D eigenvalue weighted by Gasteiger charge is -2.26. The van der Waals surface area contributed by atoms with Gasteiger partial charge in [-0.15, -0.1) is 0 Å². The number of hydrogen-bond acceptors (Lipinski definition) is 6. The lowest BCUT2D eigenvalue weighted by Crippen LogP contribution is -2.36. The van der Waals surface area contributed by atoms with Crippen LogP contribution in [0.15, 0.2) is 51.7 Å². The predicted molar refractivity (Wildman–Crippen MR) is 113 cm³/mol. The molecule has 0 spiro atoms. The SMILES string of the molecule is Cc1ccc(CNC(=O)c2ccc3oc(=O)c(CN4CCOCC4)cc3c2O)cc1. The minimum Gasteiger partial charge on any atom is -0.506 e. The molecule has 30 heavy (non-hydrogen) atoms. The standard InChI is InChI=1S/C23H24N2O5/c1-15-2-4-16(5-3-15)13-24-22(27)18-6-7-20-19(21(18)26)12-17(23(28)30-20)14-25-8-10-29-11-9-25/h2-7,12,26H,8-11,13-14H2,1H3,(H,24,27). The summed E-state index contributed by atoms with van der Waals surface area (Å²) in [5.41, 5.74) is 2.50. The van der Waals surface area contributed by atoms with Crippen LogP contribution in [0.1, 0.15) is 27.0 Å². The zero-order valence-electron chi connectivity index (χ0n) is 16.8. The van der Waals surface area contributed by atoms with E-state index < -0.39 is 11.5 Å². The molecular formula is C23H24N2O5. The maximum Gasteiger partial charge on any atom is 0.340 e. The molecule has 7 nitrogen and oxygen atoms in total. The fraction of sp³-hybridized carbons (Fsp3) is 0.304. The van der Waals surface area contributed by atoms with Crippen LogP contribution in [0.25, 0.3) is 11.0 Å². The Hall–Kier alpha value is -3.16. The molecule has 4 rings (SSSR count). The Morgan fingerprint density at radius 1 is 1.13 bits per heavy atom. The van der Waals surface area contributed by atoms with Crippen molar-refractivity contribution < 1.29 is 19.1 Å². The molecule has 1 aliphatic rings. The van der Waals surface area contributed by atoms with Gasteiger partial charge >= 0.3 is 5.63 Å². The highest BCUT2D eigenvalue weighted by Gasteiger charge is 2.18. The number of morpholine rings is 1. The van der Waals surface area contributed by atoms with E-state index in [4.69, 9.17) is 9.15 Å². The number of hydrogen-bond donors (Lipinski definition) is 2. The Labute approximate surface area is 173 Å². The van der Waals surface area contributed by atoms with Gasteiger partial charge in [0.05, 0.1) is 29.7 Å². The van der Waals surface area contributed by atoms with Gasteiger partial charge < -0.3 is 19.6 Å². The molecule has 3 aromatic rings. The lowest BCUT2D eigenvalue weighted by molar-refractivity contribution is 0.0338.